The van der Waals surface area contributed by atoms with E-state index in [9.17, 15) is 18.0 Å². The van der Waals surface area contributed by atoms with Crippen LogP contribution in [0.2, 0.25) is 0 Å². The van der Waals surface area contributed by atoms with Crippen molar-refractivity contribution in [3.8, 4) is 0 Å². The standard InChI is InChI=1S/C22H26N4O5S2/c1-14-15(3-4-16-17(14)13-31-18(16)27)5-9-25-10-6-22(7-11-25)8-12-26(19(22)28)20-23-24-21(32-20)33(2,29)30/h3-4H,5-13H2,1-2H3. The number of esters is 1. The van der Waals surface area contributed by atoms with E-state index >= 15 is 0 Å². The molecule has 3 aliphatic heterocycles. The highest BCUT2D eigenvalue weighted by Crippen LogP contribution is 2.43. The largest absolute Gasteiger partial charge is 0.457 e. The highest BCUT2D eigenvalue weighted by molar-refractivity contribution is 7.92. The number of aromatic nitrogens is 2. The van der Waals surface area contributed by atoms with E-state index < -0.39 is 15.3 Å². The zero-order chi connectivity index (χ0) is 23.4. The number of hydrogen-bond acceptors (Lipinski definition) is 9. The van der Waals surface area contributed by atoms with Crippen LogP contribution in [-0.2, 0) is 32.4 Å². The lowest BCUT2D eigenvalue weighted by Crippen LogP contribution is -2.45. The maximum absolute atomic E-state index is 13.3. The van der Waals surface area contributed by atoms with Crippen molar-refractivity contribution in [1.29, 1.82) is 0 Å². The molecule has 0 radical (unpaired) electrons. The van der Waals surface area contributed by atoms with Crippen molar-refractivity contribution in [3.05, 3.63) is 34.4 Å². The molecule has 2 saturated heterocycles. The van der Waals surface area contributed by atoms with Crippen LogP contribution in [0.25, 0.3) is 0 Å². The minimum atomic E-state index is -3.43. The van der Waals surface area contributed by atoms with E-state index in [4.69, 9.17) is 4.74 Å². The topological polar surface area (TPSA) is 110 Å². The number of fused-ring (bicyclic) bond motifs is 1. The summed E-state index contributed by atoms with van der Waals surface area (Å²) in [5, 5.41) is 8.08. The molecule has 0 aliphatic carbocycles. The van der Waals surface area contributed by atoms with Crippen LogP contribution in [0, 0.1) is 12.3 Å². The summed E-state index contributed by atoms with van der Waals surface area (Å²) in [6.07, 6.45) is 4.31. The average molecular weight is 491 g/mol. The molecule has 11 heteroatoms. The van der Waals surface area contributed by atoms with E-state index in [1.807, 2.05) is 12.1 Å². The van der Waals surface area contributed by atoms with Crippen molar-refractivity contribution in [1.82, 2.24) is 15.1 Å². The fourth-order valence-corrected chi connectivity index (χ4v) is 6.70. The van der Waals surface area contributed by atoms with Gasteiger partial charge >= 0.3 is 5.97 Å². The number of likely N-dealkylation sites (tertiary alicyclic amines) is 1. The van der Waals surface area contributed by atoms with E-state index in [0.29, 0.717) is 23.8 Å². The smallest absolute Gasteiger partial charge is 0.338 e. The van der Waals surface area contributed by atoms with Gasteiger partial charge in [0.05, 0.1) is 11.0 Å². The Labute approximate surface area is 196 Å². The summed E-state index contributed by atoms with van der Waals surface area (Å²) in [5.74, 6) is -0.199. The fraction of sp³-hybridized carbons (Fsp3) is 0.545. The number of ether oxygens (including phenoxy) is 1. The van der Waals surface area contributed by atoms with Crippen molar-refractivity contribution in [2.24, 2.45) is 5.41 Å². The van der Waals surface area contributed by atoms with E-state index in [-0.39, 0.29) is 16.2 Å². The van der Waals surface area contributed by atoms with Crippen LogP contribution in [0.4, 0.5) is 5.13 Å². The van der Waals surface area contributed by atoms with Crippen LogP contribution in [0.15, 0.2) is 16.5 Å². The number of anilines is 1. The third kappa shape index (κ3) is 3.95. The van der Waals surface area contributed by atoms with Gasteiger partial charge < -0.3 is 9.64 Å². The van der Waals surface area contributed by atoms with Gasteiger partial charge in [-0.05, 0) is 62.9 Å². The predicted molar refractivity (Wildman–Crippen MR) is 122 cm³/mol. The molecule has 3 aliphatic rings. The van der Waals surface area contributed by atoms with E-state index in [2.05, 4.69) is 22.0 Å². The Morgan fingerprint density at radius 1 is 1.12 bits per heavy atom. The molecule has 0 unspecified atom stereocenters. The van der Waals surface area contributed by atoms with E-state index in [1.165, 1.54) is 5.56 Å². The molecule has 1 aromatic heterocycles. The Balaban J connectivity index is 1.20. The molecule has 33 heavy (non-hydrogen) atoms. The monoisotopic (exact) mass is 490 g/mol. The number of cyclic esters (lactones) is 1. The summed E-state index contributed by atoms with van der Waals surface area (Å²) >= 11 is 0.959. The molecular formula is C22H26N4O5S2. The van der Waals surface area contributed by atoms with Crippen molar-refractivity contribution in [2.45, 2.75) is 43.6 Å². The lowest BCUT2D eigenvalue weighted by Gasteiger charge is -2.37. The molecule has 9 nitrogen and oxygen atoms in total. The second-order valence-corrected chi connectivity index (χ2v) is 12.3. The molecule has 0 atom stereocenters. The summed E-state index contributed by atoms with van der Waals surface area (Å²) in [5.41, 5.74) is 3.66. The Kier molecular flexibility index (Phi) is 5.53. The number of benzene rings is 1. The summed E-state index contributed by atoms with van der Waals surface area (Å²) in [6.45, 7) is 5.55. The molecule has 1 aromatic carbocycles. The first-order valence-corrected chi connectivity index (χ1v) is 13.8. The van der Waals surface area contributed by atoms with Gasteiger partial charge in [0.2, 0.25) is 25.2 Å². The Morgan fingerprint density at radius 2 is 1.85 bits per heavy atom. The van der Waals surface area contributed by atoms with Crippen molar-refractivity contribution >= 4 is 38.2 Å². The van der Waals surface area contributed by atoms with Gasteiger partial charge in [-0.3, -0.25) is 9.69 Å². The summed E-state index contributed by atoms with van der Waals surface area (Å²) in [7, 11) is -3.43. The molecule has 1 amide bonds. The molecular weight excluding hydrogens is 464 g/mol. The Hall–Kier alpha value is -2.37. The lowest BCUT2D eigenvalue weighted by atomic mass is 9.77. The first-order valence-electron chi connectivity index (χ1n) is 11.0. The Morgan fingerprint density at radius 3 is 2.55 bits per heavy atom. The third-order valence-corrected chi connectivity index (χ3v) is 9.86. The number of sulfone groups is 1. The zero-order valence-corrected chi connectivity index (χ0v) is 20.3. The van der Waals surface area contributed by atoms with E-state index in [0.717, 1.165) is 74.0 Å². The highest BCUT2D eigenvalue weighted by atomic mass is 32.2. The van der Waals surface area contributed by atoms with Gasteiger partial charge in [0.1, 0.15) is 6.61 Å². The predicted octanol–water partition coefficient (Wildman–Crippen LogP) is 1.98. The number of carbonyl (C=O) groups excluding carboxylic acids is 2. The highest BCUT2D eigenvalue weighted by Gasteiger charge is 2.49. The molecule has 1 spiro atoms. The van der Waals surface area contributed by atoms with Crippen molar-refractivity contribution in [3.63, 3.8) is 0 Å². The van der Waals surface area contributed by atoms with Crippen molar-refractivity contribution in [2.75, 3.05) is 37.3 Å². The molecule has 2 aromatic rings. The average Bonchev–Trinajstić information content (AvgIpc) is 3.48. The quantitative estimate of drug-likeness (QED) is 0.462. The molecule has 5 rings (SSSR count). The molecule has 2 fully saturated rings. The zero-order valence-electron chi connectivity index (χ0n) is 18.7. The summed E-state index contributed by atoms with van der Waals surface area (Å²) in [4.78, 5) is 29.0. The first-order chi connectivity index (χ1) is 15.7. The van der Waals surface area contributed by atoms with Crippen LogP contribution in [-0.4, -0.2) is 67.8 Å². The maximum atomic E-state index is 13.3. The van der Waals surface area contributed by atoms with Crippen molar-refractivity contribution < 1.29 is 22.7 Å². The maximum Gasteiger partial charge on any atom is 0.338 e. The van der Waals surface area contributed by atoms with Crippen LogP contribution < -0.4 is 4.90 Å². The number of piperidine rings is 1. The molecule has 176 valence electrons. The first kappa shape index (κ1) is 22.4. The minimum Gasteiger partial charge on any atom is -0.457 e. The number of nitrogens with zero attached hydrogens (tertiary/aromatic N) is 4. The number of amides is 1. The van der Waals surface area contributed by atoms with Gasteiger partial charge in [-0.25, -0.2) is 13.2 Å². The SMILES string of the molecule is Cc1c(CCN2CCC3(CC2)CCN(c2nnc(S(C)(=O)=O)s2)C3=O)ccc2c1COC2=O. The lowest BCUT2D eigenvalue weighted by molar-refractivity contribution is -0.128. The van der Waals surface area contributed by atoms with Crippen LogP contribution in [0.3, 0.4) is 0 Å². The van der Waals surface area contributed by atoms with Gasteiger partial charge in [-0.15, -0.1) is 10.2 Å². The van der Waals surface area contributed by atoms with E-state index in [1.54, 1.807) is 4.90 Å². The second-order valence-electron chi connectivity index (χ2n) is 9.15. The summed E-state index contributed by atoms with van der Waals surface area (Å²) < 4.78 is 28.5. The fourth-order valence-electron chi connectivity index (χ4n) is 5.08. The van der Waals surface area contributed by atoms with Crippen LogP contribution in [0.1, 0.15) is 46.3 Å². The third-order valence-electron chi connectivity index (χ3n) is 7.25. The van der Waals surface area contributed by atoms with Gasteiger partial charge in [-0.2, -0.15) is 0 Å². The number of hydrogen-bond donors (Lipinski definition) is 0. The van der Waals surface area contributed by atoms with Gasteiger partial charge in [0.15, 0.2) is 0 Å². The molecule has 4 heterocycles. The van der Waals surface area contributed by atoms with Gasteiger partial charge in [0, 0.05) is 24.9 Å². The Bertz CT molecular complexity index is 1230. The molecule has 0 N–H and O–H groups in total. The van der Waals surface area contributed by atoms with Gasteiger partial charge in [-0.1, -0.05) is 17.4 Å². The van der Waals surface area contributed by atoms with Crippen LogP contribution >= 0.6 is 11.3 Å². The van der Waals surface area contributed by atoms with Gasteiger partial charge in [0.25, 0.3) is 0 Å². The number of rotatable bonds is 5. The molecule has 0 bridgehead atoms. The normalized spacial score (nSPS) is 20.5. The second kappa shape index (κ2) is 8.14. The summed E-state index contributed by atoms with van der Waals surface area (Å²) in [6, 6.07) is 3.89. The van der Waals surface area contributed by atoms with Crippen LogP contribution in [0.5, 0.6) is 0 Å². The number of carbonyl (C=O) groups is 2. The molecule has 0 saturated carbocycles. The minimum absolute atomic E-state index is 0.0393.